The lowest BCUT2D eigenvalue weighted by Gasteiger charge is -2.12. The van der Waals surface area contributed by atoms with Gasteiger partial charge in [-0.05, 0) is 17.5 Å². The number of carbonyl (C=O) groups is 1. The van der Waals surface area contributed by atoms with Crippen molar-refractivity contribution < 1.29 is 9.90 Å². The Labute approximate surface area is 105 Å². The first-order valence-electron chi connectivity index (χ1n) is 5.99. The number of likely N-dealkylation sites (N-methyl/N-ethyl adjacent to an activating group) is 1. The maximum Gasteiger partial charge on any atom is 0.220 e. The van der Waals surface area contributed by atoms with Gasteiger partial charge in [0, 0.05) is 32.0 Å². The summed E-state index contributed by atoms with van der Waals surface area (Å²) < 4.78 is 1.55. The number of hydrogen-bond donors (Lipinski definition) is 2. The Hall–Kier alpha value is -1.54. The molecule has 2 rings (SSSR count). The van der Waals surface area contributed by atoms with Crippen molar-refractivity contribution >= 4 is 5.91 Å². The molecule has 0 saturated carbocycles. The summed E-state index contributed by atoms with van der Waals surface area (Å²) in [5.74, 6) is -0.00883. The fraction of sp³-hybridized carbons (Fsp3) is 0.800. The SMILES string of the molecule is CN1C[C@@H](CC(=O)NCCn2cnnn2)[C@H](O)C1. The predicted octanol–water partition coefficient (Wildman–Crippen LogP) is -1.90. The highest BCUT2D eigenvalue weighted by molar-refractivity contribution is 5.76. The number of aliphatic hydroxyl groups excluding tert-OH is 1. The molecule has 8 heteroatoms. The van der Waals surface area contributed by atoms with Crippen LogP contribution in [0.2, 0.25) is 0 Å². The third-order valence-corrected chi connectivity index (χ3v) is 3.09. The molecule has 1 aromatic rings. The molecular weight excluding hydrogens is 236 g/mol. The molecule has 1 aliphatic heterocycles. The second-order valence-electron chi connectivity index (χ2n) is 4.68. The zero-order valence-electron chi connectivity index (χ0n) is 10.4. The maximum absolute atomic E-state index is 11.7. The van der Waals surface area contributed by atoms with Gasteiger partial charge in [-0.1, -0.05) is 0 Å². The standard InChI is InChI=1S/C10H18N6O2/c1-15-5-8(9(17)6-15)4-10(18)11-2-3-16-7-12-13-14-16/h7-9,17H,2-6H2,1H3,(H,11,18)/t8-,9-/m1/s1. The summed E-state index contributed by atoms with van der Waals surface area (Å²) in [4.78, 5) is 13.7. The average molecular weight is 254 g/mol. The van der Waals surface area contributed by atoms with Gasteiger partial charge in [-0.3, -0.25) is 4.79 Å². The number of tetrazole rings is 1. The van der Waals surface area contributed by atoms with E-state index < -0.39 is 6.10 Å². The molecule has 1 fully saturated rings. The number of carbonyl (C=O) groups excluding carboxylic acids is 1. The number of nitrogens with one attached hydrogen (secondary N) is 1. The molecule has 0 aromatic carbocycles. The average Bonchev–Trinajstić information content (AvgIpc) is 2.90. The first-order chi connectivity index (χ1) is 8.65. The molecule has 1 saturated heterocycles. The number of nitrogens with zero attached hydrogens (tertiary/aromatic N) is 5. The molecule has 2 atom stereocenters. The van der Waals surface area contributed by atoms with Crippen LogP contribution in [0, 0.1) is 5.92 Å². The predicted molar refractivity (Wildman–Crippen MR) is 62.4 cm³/mol. The number of β-amino-alcohol motifs (C(OH)–C–C–N with tert-alkyl or cyclic N) is 1. The van der Waals surface area contributed by atoms with E-state index in [9.17, 15) is 9.90 Å². The van der Waals surface area contributed by atoms with E-state index >= 15 is 0 Å². The maximum atomic E-state index is 11.7. The minimum Gasteiger partial charge on any atom is -0.391 e. The summed E-state index contributed by atoms with van der Waals surface area (Å²) in [5.41, 5.74) is 0. The largest absolute Gasteiger partial charge is 0.391 e. The van der Waals surface area contributed by atoms with E-state index in [1.807, 2.05) is 11.9 Å². The van der Waals surface area contributed by atoms with Gasteiger partial charge in [0.1, 0.15) is 6.33 Å². The highest BCUT2D eigenvalue weighted by Gasteiger charge is 2.30. The minimum atomic E-state index is -0.403. The van der Waals surface area contributed by atoms with Crippen LogP contribution in [0.25, 0.3) is 0 Å². The van der Waals surface area contributed by atoms with Crippen LogP contribution in [0.3, 0.4) is 0 Å². The summed E-state index contributed by atoms with van der Waals surface area (Å²) in [6, 6.07) is 0. The topological polar surface area (TPSA) is 96.2 Å². The Balaban J connectivity index is 1.66. The van der Waals surface area contributed by atoms with Crippen molar-refractivity contribution in [3.05, 3.63) is 6.33 Å². The van der Waals surface area contributed by atoms with Crippen LogP contribution in [-0.2, 0) is 11.3 Å². The molecule has 1 amide bonds. The van der Waals surface area contributed by atoms with Gasteiger partial charge in [-0.25, -0.2) is 4.68 Å². The molecule has 100 valence electrons. The van der Waals surface area contributed by atoms with Crippen molar-refractivity contribution in [1.29, 1.82) is 0 Å². The molecular formula is C10H18N6O2. The van der Waals surface area contributed by atoms with Gasteiger partial charge in [0.2, 0.25) is 5.91 Å². The lowest BCUT2D eigenvalue weighted by atomic mass is 10.0. The lowest BCUT2D eigenvalue weighted by Crippen LogP contribution is -2.31. The van der Waals surface area contributed by atoms with Crippen molar-refractivity contribution in [1.82, 2.24) is 30.4 Å². The van der Waals surface area contributed by atoms with Crippen molar-refractivity contribution in [2.24, 2.45) is 5.92 Å². The third kappa shape index (κ3) is 3.47. The van der Waals surface area contributed by atoms with Crippen LogP contribution >= 0.6 is 0 Å². The highest BCUT2D eigenvalue weighted by atomic mass is 16.3. The molecule has 2 N–H and O–H groups in total. The first kappa shape index (κ1) is 12.9. The molecule has 0 bridgehead atoms. The monoisotopic (exact) mass is 254 g/mol. The number of aliphatic hydroxyl groups is 1. The summed E-state index contributed by atoms with van der Waals surface area (Å²) in [6.45, 7) is 2.44. The van der Waals surface area contributed by atoms with E-state index in [1.165, 1.54) is 6.33 Å². The molecule has 0 unspecified atom stereocenters. The number of hydrogen-bond acceptors (Lipinski definition) is 6. The Morgan fingerprint density at radius 2 is 2.39 bits per heavy atom. The van der Waals surface area contributed by atoms with Gasteiger partial charge in [0.05, 0.1) is 12.6 Å². The van der Waals surface area contributed by atoms with Crippen LogP contribution in [0.15, 0.2) is 6.33 Å². The second-order valence-corrected chi connectivity index (χ2v) is 4.68. The van der Waals surface area contributed by atoms with Crippen molar-refractivity contribution in [3.63, 3.8) is 0 Å². The van der Waals surface area contributed by atoms with Gasteiger partial charge in [-0.2, -0.15) is 0 Å². The third-order valence-electron chi connectivity index (χ3n) is 3.09. The van der Waals surface area contributed by atoms with Gasteiger partial charge in [-0.15, -0.1) is 5.10 Å². The van der Waals surface area contributed by atoms with Crippen LogP contribution in [0.1, 0.15) is 6.42 Å². The molecule has 0 aliphatic carbocycles. The molecule has 8 nitrogen and oxygen atoms in total. The van der Waals surface area contributed by atoms with Crippen molar-refractivity contribution in [2.75, 3.05) is 26.7 Å². The minimum absolute atomic E-state index is 0.0306. The van der Waals surface area contributed by atoms with Crippen LogP contribution in [0.5, 0.6) is 0 Å². The van der Waals surface area contributed by atoms with Gasteiger partial charge in [0.25, 0.3) is 0 Å². The second kappa shape index (κ2) is 5.87. The van der Waals surface area contributed by atoms with Crippen molar-refractivity contribution in [3.8, 4) is 0 Å². The normalized spacial score (nSPS) is 24.3. The number of amides is 1. The van der Waals surface area contributed by atoms with Gasteiger partial charge in [0.15, 0.2) is 0 Å². The Morgan fingerprint density at radius 1 is 1.56 bits per heavy atom. The fourth-order valence-corrected chi connectivity index (χ4v) is 2.17. The molecule has 0 spiro atoms. The summed E-state index contributed by atoms with van der Waals surface area (Å²) in [5, 5.41) is 23.2. The Bertz CT molecular complexity index is 382. The fourth-order valence-electron chi connectivity index (χ4n) is 2.17. The summed E-state index contributed by atoms with van der Waals surface area (Å²) in [7, 11) is 1.94. The van der Waals surface area contributed by atoms with E-state index in [1.54, 1.807) is 4.68 Å². The molecule has 2 heterocycles. The zero-order chi connectivity index (χ0) is 13.0. The lowest BCUT2D eigenvalue weighted by molar-refractivity contribution is -0.122. The highest BCUT2D eigenvalue weighted by Crippen LogP contribution is 2.18. The first-order valence-corrected chi connectivity index (χ1v) is 5.99. The van der Waals surface area contributed by atoms with E-state index in [0.29, 0.717) is 26.1 Å². The van der Waals surface area contributed by atoms with Crippen LogP contribution in [0.4, 0.5) is 0 Å². The number of aromatic nitrogens is 4. The molecule has 18 heavy (non-hydrogen) atoms. The summed E-state index contributed by atoms with van der Waals surface area (Å²) in [6.07, 6.45) is 1.46. The van der Waals surface area contributed by atoms with Crippen LogP contribution < -0.4 is 5.32 Å². The Morgan fingerprint density at radius 3 is 3.00 bits per heavy atom. The van der Waals surface area contributed by atoms with Gasteiger partial charge < -0.3 is 15.3 Å². The van der Waals surface area contributed by atoms with Crippen molar-refractivity contribution in [2.45, 2.75) is 19.1 Å². The molecule has 1 aromatic heterocycles. The Kier molecular flexibility index (Phi) is 4.21. The quantitative estimate of drug-likeness (QED) is 0.637. The van der Waals surface area contributed by atoms with E-state index in [2.05, 4.69) is 20.8 Å². The van der Waals surface area contributed by atoms with E-state index in [-0.39, 0.29) is 11.8 Å². The molecule has 0 radical (unpaired) electrons. The zero-order valence-corrected chi connectivity index (χ0v) is 10.4. The number of rotatable bonds is 5. The van der Waals surface area contributed by atoms with Crippen LogP contribution in [-0.4, -0.2) is 68.9 Å². The van der Waals surface area contributed by atoms with E-state index in [0.717, 1.165) is 6.54 Å². The van der Waals surface area contributed by atoms with E-state index in [4.69, 9.17) is 0 Å². The smallest absolute Gasteiger partial charge is 0.220 e. The summed E-state index contributed by atoms with van der Waals surface area (Å²) >= 11 is 0. The molecule has 1 aliphatic rings. The number of likely N-dealkylation sites (tertiary alicyclic amines) is 1. The van der Waals surface area contributed by atoms with Gasteiger partial charge >= 0.3 is 0 Å².